The van der Waals surface area contributed by atoms with Crippen LogP contribution in [-0.2, 0) is 4.74 Å². The quantitative estimate of drug-likeness (QED) is 0.435. The Kier molecular flexibility index (Phi) is 8.09. The van der Waals surface area contributed by atoms with Crippen molar-refractivity contribution in [1.82, 2.24) is 5.32 Å². The number of halogens is 1. The van der Waals surface area contributed by atoms with Crippen LogP contribution in [0.4, 0.5) is 5.69 Å². The van der Waals surface area contributed by atoms with Crippen molar-refractivity contribution < 1.29 is 19.4 Å². The molecule has 0 atom stereocenters. The van der Waals surface area contributed by atoms with Crippen molar-refractivity contribution >= 4 is 23.2 Å². The van der Waals surface area contributed by atoms with Gasteiger partial charge in [0.05, 0.1) is 30.4 Å². The van der Waals surface area contributed by atoms with E-state index in [2.05, 4.69) is 38.3 Å². The minimum absolute atomic E-state index is 0.00900. The average molecular weight is 486 g/mol. The van der Waals surface area contributed by atoms with E-state index in [1.54, 1.807) is 30.3 Å². The molecule has 0 radical (unpaired) electrons. The van der Waals surface area contributed by atoms with Crippen LogP contribution in [0.5, 0.6) is 5.75 Å². The molecule has 0 unspecified atom stereocenters. The molecule has 8 heteroatoms. The van der Waals surface area contributed by atoms with Crippen LogP contribution in [-0.4, -0.2) is 49.5 Å². The van der Waals surface area contributed by atoms with Gasteiger partial charge in [-0.3, -0.25) is 4.79 Å². The first kappa shape index (κ1) is 25.8. The first-order valence-corrected chi connectivity index (χ1v) is 11.7. The van der Waals surface area contributed by atoms with Crippen molar-refractivity contribution in [2.45, 2.75) is 39.8 Å². The Bertz CT molecular complexity index is 1030. The lowest BCUT2D eigenvalue weighted by atomic mass is 9.49. The molecule has 0 aromatic heterocycles. The molecule has 34 heavy (non-hydrogen) atoms. The van der Waals surface area contributed by atoms with Gasteiger partial charge in [0.25, 0.3) is 5.91 Å². The molecule has 182 valence electrons. The molecular weight excluding hydrogens is 454 g/mol. The highest BCUT2D eigenvalue weighted by Gasteiger charge is 2.64. The summed E-state index contributed by atoms with van der Waals surface area (Å²) in [7, 11) is 0. The Morgan fingerprint density at radius 1 is 1.12 bits per heavy atom. The molecule has 1 saturated carbocycles. The number of benzene rings is 2. The number of carbonyl (C=O) groups is 1. The predicted octanol–water partition coefficient (Wildman–Crippen LogP) is 4.24. The number of nitrogens with zero attached hydrogens (tertiary/aromatic N) is 1. The van der Waals surface area contributed by atoms with E-state index >= 15 is 0 Å². The lowest BCUT2D eigenvalue weighted by Crippen LogP contribution is -2.74. The van der Waals surface area contributed by atoms with Gasteiger partial charge in [0.1, 0.15) is 17.9 Å². The van der Waals surface area contributed by atoms with Gasteiger partial charge in [0.2, 0.25) is 0 Å². The third kappa shape index (κ3) is 5.47. The number of aliphatic hydroxyl groups is 1. The zero-order valence-electron chi connectivity index (χ0n) is 20.0. The van der Waals surface area contributed by atoms with Crippen molar-refractivity contribution in [3.63, 3.8) is 0 Å². The van der Waals surface area contributed by atoms with Gasteiger partial charge in [-0.1, -0.05) is 39.3 Å². The number of nitriles is 1. The Balaban J connectivity index is 1.60. The summed E-state index contributed by atoms with van der Waals surface area (Å²) < 4.78 is 11.5. The minimum atomic E-state index is -0.324. The highest BCUT2D eigenvalue weighted by Crippen LogP contribution is 2.55. The van der Waals surface area contributed by atoms with E-state index in [1.807, 2.05) is 18.2 Å². The molecule has 1 amide bonds. The summed E-state index contributed by atoms with van der Waals surface area (Å²) in [5.41, 5.74) is 1.23. The molecule has 0 heterocycles. The van der Waals surface area contributed by atoms with Crippen LogP contribution in [0.2, 0.25) is 5.02 Å². The fourth-order valence-corrected chi connectivity index (χ4v) is 5.20. The molecule has 0 spiro atoms. The molecule has 2 aromatic carbocycles. The summed E-state index contributed by atoms with van der Waals surface area (Å²) in [5.74, 6) is 0.466. The third-order valence-corrected chi connectivity index (χ3v) is 6.70. The molecule has 2 aromatic rings. The van der Waals surface area contributed by atoms with E-state index in [9.17, 15) is 4.79 Å². The Morgan fingerprint density at radius 2 is 1.79 bits per heavy atom. The average Bonchev–Trinajstić information content (AvgIpc) is 2.81. The van der Waals surface area contributed by atoms with Gasteiger partial charge < -0.3 is 25.2 Å². The Labute approximate surface area is 206 Å². The summed E-state index contributed by atoms with van der Waals surface area (Å²) >= 11 is 6.16. The highest BCUT2D eigenvalue weighted by molar-refractivity contribution is 6.31. The summed E-state index contributed by atoms with van der Waals surface area (Å²) in [6, 6.07) is 14.3. The monoisotopic (exact) mass is 485 g/mol. The van der Waals surface area contributed by atoms with Crippen molar-refractivity contribution in [3.8, 4) is 11.8 Å². The SMILES string of the molecule is CC1(C)C(NC(=O)c2ccc(NCCOCCO)cc2)C(C)(C)C1Oc1ccc(C#N)c(Cl)c1. The maximum atomic E-state index is 13.0. The number of carbonyl (C=O) groups excluding carboxylic acids is 1. The molecule has 1 aliphatic rings. The number of hydrogen-bond donors (Lipinski definition) is 3. The largest absolute Gasteiger partial charge is 0.489 e. The zero-order valence-corrected chi connectivity index (χ0v) is 20.8. The number of hydrogen-bond acceptors (Lipinski definition) is 6. The van der Waals surface area contributed by atoms with E-state index in [1.165, 1.54) is 0 Å². The van der Waals surface area contributed by atoms with Crippen LogP contribution >= 0.6 is 11.6 Å². The van der Waals surface area contributed by atoms with E-state index in [-0.39, 0.29) is 35.5 Å². The lowest BCUT2D eigenvalue weighted by molar-refractivity contribution is -0.164. The first-order chi connectivity index (χ1) is 16.1. The third-order valence-electron chi connectivity index (χ3n) is 6.39. The van der Waals surface area contributed by atoms with Crippen molar-refractivity contribution in [2.75, 3.05) is 31.7 Å². The maximum Gasteiger partial charge on any atom is 0.251 e. The van der Waals surface area contributed by atoms with E-state index < -0.39 is 0 Å². The fraction of sp³-hybridized carbons (Fsp3) is 0.462. The standard InChI is InChI=1S/C26H32ClN3O4/c1-25(2)23(26(3,4)24(25)34-20-10-7-18(16-28)21(27)15-20)30-22(32)17-5-8-19(9-6-17)29-11-13-33-14-12-31/h5-10,15,23-24,29,31H,11-14H2,1-4H3,(H,30,32). The lowest BCUT2D eigenvalue weighted by Gasteiger charge is -2.63. The van der Waals surface area contributed by atoms with Gasteiger partial charge in [0.15, 0.2) is 0 Å². The highest BCUT2D eigenvalue weighted by atomic mass is 35.5. The van der Waals surface area contributed by atoms with Crippen LogP contribution in [0.15, 0.2) is 42.5 Å². The number of aliphatic hydroxyl groups excluding tert-OH is 1. The second-order valence-electron chi connectivity index (χ2n) is 9.64. The topological polar surface area (TPSA) is 104 Å². The van der Waals surface area contributed by atoms with Gasteiger partial charge in [-0.2, -0.15) is 5.26 Å². The molecule has 7 nitrogen and oxygen atoms in total. The van der Waals surface area contributed by atoms with Crippen LogP contribution in [0.1, 0.15) is 43.6 Å². The number of rotatable bonds is 10. The van der Waals surface area contributed by atoms with Gasteiger partial charge >= 0.3 is 0 Å². The molecule has 1 aliphatic carbocycles. The summed E-state index contributed by atoms with van der Waals surface area (Å²) in [6.07, 6.45) is -0.158. The summed E-state index contributed by atoms with van der Waals surface area (Å²) in [4.78, 5) is 13.0. The molecular formula is C26H32ClN3O4. The Morgan fingerprint density at radius 3 is 2.38 bits per heavy atom. The van der Waals surface area contributed by atoms with Gasteiger partial charge in [-0.15, -0.1) is 0 Å². The van der Waals surface area contributed by atoms with E-state index in [4.69, 9.17) is 31.4 Å². The first-order valence-electron chi connectivity index (χ1n) is 11.3. The van der Waals surface area contributed by atoms with Crippen molar-refractivity contribution in [1.29, 1.82) is 5.26 Å². The minimum Gasteiger partial charge on any atom is -0.489 e. The van der Waals surface area contributed by atoms with Crippen LogP contribution < -0.4 is 15.4 Å². The van der Waals surface area contributed by atoms with Crippen LogP contribution in [0.3, 0.4) is 0 Å². The second-order valence-corrected chi connectivity index (χ2v) is 10.0. The second kappa shape index (κ2) is 10.6. The number of amides is 1. The summed E-state index contributed by atoms with van der Waals surface area (Å²) in [6.45, 7) is 9.73. The number of nitrogens with one attached hydrogen (secondary N) is 2. The van der Waals surface area contributed by atoms with E-state index in [0.29, 0.717) is 41.7 Å². The molecule has 3 N–H and O–H groups in total. The van der Waals surface area contributed by atoms with Crippen molar-refractivity contribution in [3.05, 3.63) is 58.6 Å². The Hall–Kier alpha value is -2.79. The van der Waals surface area contributed by atoms with Crippen molar-refractivity contribution in [2.24, 2.45) is 10.8 Å². The zero-order chi connectivity index (χ0) is 24.9. The van der Waals surface area contributed by atoms with Gasteiger partial charge in [0, 0.05) is 40.7 Å². The molecule has 0 saturated heterocycles. The fourth-order valence-electron chi connectivity index (χ4n) is 4.98. The van der Waals surface area contributed by atoms with E-state index in [0.717, 1.165) is 5.69 Å². The molecule has 3 rings (SSSR count). The van der Waals surface area contributed by atoms with Crippen LogP contribution in [0, 0.1) is 22.2 Å². The van der Waals surface area contributed by atoms with Gasteiger partial charge in [-0.25, -0.2) is 0 Å². The van der Waals surface area contributed by atoms with Crippen LogP contribution in [0.25, 0.3) is 0 Å². The predicted molar refractivity (Wildman–Crippen MR) is 132 cm³/mol. The normalized spacial score (nSPS) is 20.0. The smallest absolute Gasteiger partial charge is 0.251 e. The number of ether oxygens (including phenoxy) is 2. The molecule has 0 aliphatic heterocycles. The summed E-state index contributed by atoms with van der Waals surface area (Å²) in [5, 5.41) is 24.6. The van der Waals surface area contributed by atoms with Gasteiger partial charge in [-0.05, 0) is 36.4 Å². The number of anilines is 1. The molecule has 0 bridgehead atoms. The maximum absolute atomic E-state index is 13.0. The molecule has 1 fully saturated rings.